The van der Waals surface area contributed by atoms with Crippen LogP contribution >= 0.6 is 11.6 Å². The summed E-state index contributed by atoms with van der Waals surface area (Å²) < 4.78 is 0. The maximum atomic E-state index is 11.4. The van der Waals surface area contributed by atoms with Gasteiger partial charge in [-0.25, -0.2) is 4.79 Å². The molecule has 0 saturated carbocycles. The third-order valence-electron chi connectivity index (χ3n) is 2.52. The van der Waals surface area contributed by atoms with Crippen LogP contribution in [0.1, 0.15) is 17.3 Å². The van der Waals surface area contributed by atoms with Crippen molar-refractivity contribution < 1.29 is 14.7 Å². The number of amides is 1. The van der Waals surface area contributed by atoms with Crippen molar-refractivity contribution in [1.82, 2.24) is 5.32 Å². The van der Waals surface area contributed by atoms with Gasteiger partial charge in [0.25, 0.3) is 0 Å². The van der Waals surface area contributed by atoms with Crippen LogP contribution in [0.3, 0.4) is 0 Å². The number of carbonyl (C=O) groups is 2. The zero-order valence-electron chi connectivity index (χ0n) is 10.2. The molecule has 0 saturated heterocycles. The number of nitrogens with one attached hydrogen (secondary N) is 1. The van der Waals surface area contributed by atoms with Gasteiger partial charge in [0.05, 0.1) is 17.8 Å². The maximum Gasteiger partial charge on any atom is 0.337 e. The molecule has 18 heavy (non-hydrogen) atoms. The van der Waals surface area contributed by atoms with Gasteiger partial charge < -0.3 is 15.3 Å². The Morgan fingerprint density at radius 1 is 1.44 bits per heavy atom. The Bertz CT molecular complexity index is 463. The Morgan fingerprint density at radius 2 is 2.11 bits per heavy atom. The van der Waals surface area contributed by atoms with E-state index in [1.54, 1.807) is 17.0 Å². The van der Waals surface area contributed by atoms with E-state index < -0.39 is 5.97 Å². The van der Waals surface area contributed by atoms with Crippen LogP contribution < -0.4 is 10.2 Å². The molecular weight excluding hydrogens is 256 g/mol. The van der Waals surface area contributed by atoms with E-state index in [2.05, 4.69) is 5.32 Å². The summed E-state index contributed by atoms with van der Waals surface area (Å²) in [5, 5.41) is 12.0. The minimum Gasteiger partial charge on any atom is -0.478 e. The Balaban J connectivity index is 3.12. The minimum atomic E-state index is -1.07. The number of halogens is 1. The summed E-state index contributed by atoms with van der Waals surface area (Å²) >= 11 is 5.78. The van der Waals surface area contributed by atoms with Crippen LogP contribution in [0.4, 0.5) is 5.69 Å². The number of aromatic carboxylic acids is 1. The van der Waals surface area contributed by atoms with Gasteiger partial charge in [-0.1, -0.05) is 11.6 Å². The molecule has 0 radical (unpaired) electrons. The lowest BCUT2D eigenvalue weighted by Crippen LogP contribution is -2.36. The van der Waals surface area contributed by atoms with Crippen molar-refractivity contribution in [3.05, 3.63) is 28.8 Å². The first-order valence-corrected chi connectivity index (χ1v) is 5.85. The van der Waals surface area contributed by atoms with Gasteiger partial charge >= 0.3 is 5.97 Å². The summed E-state index contributed by atoms with van der Waals surface area (Å²) in [6, 6.07) is 4.60. The molecule has 0 aliphatic rings. The summed E-state index contributed by atoms with van der Waals surface area (Å²) in [6.07, 6.45) is 0. The number of likely N-dealkylation sites (N-methyl/N-ethyl adjacent to an activating group) is 2. The first kappa shape index (κ1) is 14.3. The zero-order chi connectivity index (χ0) is 13.7. The predicted molar refractivity (Wildman–Crippen MR) is 70.4 cm³/mol. The first-order valence-electron chi connectivity index (χ1n) is 5.48. The van der Waals surface area contributed by atoms with Crippen molar-refractivity contribution in [2.45, 2.75) is 6.92 Å². The first-order chi connectivity index (χ1) is 8.49. The Labute approximate surface area is 110 Å². The monoisotopic (exact) mass is 270 g/mol. The molecule has 5 nitrogen and oxygen atoms in total. The van der Waals surface area contributed by atoms with E-state index >= 15 is 0 Å². The van der Waals surface area contributed by atoms with Crippen LogP contribution in [0.25, 0.3) is 0 Å². The van der Waals surface area contributed by atoms with Gasteiger partial charge in [-0.3, -0.25) is 4.79 Å². The molecule has 1 aromatic rings. The fourth-order valence-electron chi connectivity index (χ4n) is 1.58. The second kappa shape index (κ2) is 6.26. The molecule has 98 valence electrons. The predicted octanol–water partition coefficient (Wildman–Crippen LogP) is 1.61. The summed E-state index contributed by atoms with van der Waals surface area (Å²) in [4.78, 5) is 24.2. The summed E-state index contributed by atoms with van der Waals surface area (Å²) in [7, 11) is 1.54. The Kier molecular flexibility index (Phi) is 4.97. The molecule has 0 fully saturated rings. The fraction of sp³-hybridized carbons (Fsp3) is 0.333. The normalized spacial score (nSPS) is 9.94. The number of benzene rings is 1. The van der Waals surface area contributed by atoms with Crippen LogP contribution in [-0.2, 0) is 4.79 Å². The van der Waals surface area contributed by atoms with Gasteiger partial charge in [0.2, 0.25) is 5.91 Å². The van der Waals surface area contributed by atoms with E-state index in [0.29, 0.717) is 17.3 Å². The van der Waals surface area contributed by atoms with E-state index in [0.717, 1.165) is 0 Å². The molecule has 2 N–H and O–H groups in total. The SMILES string of the molecule is CCN(CC(=O)NC)c1ccc(Cl)cc1C(=O)O. The third kappa shape index (κ3) is 3.37. The van der Waals surface area contributed by atoms with Gasteiger partial charge in [-0.2, -0.15) is 0 Å². The number of anilines is 1. The highest BCUT2D eigenvalue weighted by atomic mass is 35.5. The quantitative estimate of drug-likeness (QED) is 0.853. The molecule has 0 aliphatic carbocycles. The number of hydrogen-bond acceptors (Lipinski definition) is 3. The minimum absolute atomic E-state index is 0.0910. The van der Waals surface area contributed by atoms with Gasteiger partial charge in [0, 0.05) is 18.6 Å². The van der Waals surface area contributed by atoms with Gasteiger partial charge in [0.1, 0.15) is 0 Å². The van der Waals surface area contributed by atoms with Gasteiger partial charge in [-0.15, -0.1) is 0 Å². The molecule has 1 aromatic carbocycles. The highest BCUT2D eigenvalue weighted by molar-refractivity contribution is 6.31. The number of hydrogen-bond donors (Lipinski definition) is 2. The molecule has 1 amide bonds. The molecule has 0 heterocycles. The Hall–Kier alpha value is -1.75. The average molecular weight is 271 g/mol. The highest BCUT2D eigenvalue weighted by Crippen LogP contribution is 2.24. The maximum absolute atomic E-state index is 11.4. The molecule has 1 rings (SSSR count). The average Bonchev–Trinajstić information content (AvgIpc) is 2.35. The van der Waals surface area contributed by atoms with Crippen molar-refractivity contribution in [3.63, 3.8) is 0 Å². The largest absolute Gasteiger partial charge is 0.478 e. The second-order valence-corrected chi connectivity index (χ2v) is 4.09. The molecule has 0 aliphatic heterocycles. The summed E-state index contributed by atoms with van der Waals surface area (Å²) in [6.45, 7) is 2.48. The van der Waals surface area contributed by atoms with Crippen molar-refractivity contribution in [2.75, 3.05) is 25.0 Å². The van der Waals surface area contributed by atoms with Crippen LogP contribution in [0.2, 0.25) is 5.02 Å². The molecule has 0 unspecified atom stereocenters. The standard InChI is InChI=1S/C12H15ClN2O3/c1-3-15(7-11(16)14-2)10-5-4-8(13)6-9(10)12(17)18/h4-6H,3,7H2,1-2H3,(H,14,16)(H,17,18). The number of carboxylic acid groups (broad SMARTS) is 1. The van der Waals surface area contributed by atoms with E-state index in [1.165, 1.54) is 13.1 Å². The molecule has 0 spiro atoms. The smallest absolute Gasteiger partial charge is 0.337 e. The topological polar surface area (TPSA) is 69.6 Å². The fourth-order valence-corrected chi connectivity index (χ4v) is 1.75. The van der Waals surface area contributed by atoms with E-state index in [1.807, 2.05) is 6.92 Å². The second-order valence-electron chi connectivity index (χ2n) is 3.65. The number of nitrogens with zero attached hydrogens (tertiary/aromatic N) is 1. The van der Waals surface area contributed by atoms with E-state index in [-0.39, 0.29) is 18.0 Å². The lowest BCUT2D eigenvalue weighted by Gasteiger charge is -2.23. The van der Waals surface area contributed by atoms with Crippen molar-refractivity contribution in [2.24, 2.45) is 0 Å². The van der Waals surface area contributed by atoms with Crippen molar-refractivity contribution in [1.29, 1.82) is 0 Å². The van der Waals surface area contributed by atoms with Crippen LogP contribution in [0, 0.1) is 0 Å². The molecule has 6 heteroatoms. The van der Waals surface area contributed by atoms with Crippen LogP contribution in [0.15, 0.2) is 18.2 Å². The lowest BCUT2D eigenvalue weighted by molar-refractivity contribution is -0.119. The van der Waals surface area contributed by atoms with Crippen molar-refractivity contribution in [3.8, 4) is 0 Å². The molecule has 0 atom stereocenters. The number of carbonyl (C=O) groups excluding carboxylic acids is 1. The van der Waals surface area contributed by atoms with E-state index in [4.69, 9.17) is 16.7 Å². The third-order valence-corrected chi connectivity index (χ3v) is 2.76. The number of rotatable bonds is 5. The van der Waals surface area contributed by atoms with Gasteiger partial charge in [-0.05, 0) is 25.1 Å². The van der Waals surface area contributed by atoms with Crippen LogP contribution in [-0.4, -0.2) is 37.1 Å². The van der Waals surface area contributed by atoms with E-state index in [9.17, 15) is 9.59 Å². The zero-order valence-corrected chi connectivity index (χ0v) is 11.0. The molecular formula is C12H15ClN2O3. The molecule has 0 bridgehead atoms. The number of carboxylic acids is 1. The Morgan fingerprint density at radius 3 is 2.61 bits per heavy atom. The highest BCUT2D eigenvalue weighted by Gasteiger charge is 2.17. The molecule has 0 aromatic heterocycles. The van der Waals surface area contributed by atoms with Crippen molar-refractivity contribution >= 4 is 29.2 Å². The summed E-state index contributed by atoms with van der Waals surface area (Å²) in [5.41, 5.74) is 0.575. The summed E-state index contributed by atoms with van der Waals surface area (Å²) in [5.74, 6) is -1.24. The lowest BCUT2D eigenvalue weighted by atomic mass is 10.1. The van der Waals surface area contributed by atoms with Crippen LogP contribution in [0.5, 0.6) is 0 Å². The van der Waals surface area contributed by atoms with Gasteiger partial charge in [0.15, 0.2) is 0 Å².